The first-order chi connectivity index (χ1) is 10.9. The van der Waals surface area contributed by atoms with Gasteiger partial charge in [-0.3, -0.25) is 9.78 Å². The summed E-state index contributed by atoms with van der Waals surface area (Å²) in [6.45, 7) is 0.522. The fraction of sp³-hybridized carbons (Fsp3) is 0.600. The van der Waals surface area contributed by atoms with Crippen molar-refractivity contribution in [2.75, 3.05) is 18.1 Å². The Morgan fingerprint density at radius 3 is 3.00 bits per heavy atom. The van der Waals surface area contributed by atoms with Crippen molar-refractivity contribution in [2.45, 2.75) is 37.1 Å². The minimum absolute atomic E-state index is 0.163. The normalized spacial score (nSPS) is 28.0. The number of aromatic nitrogens is 1. The lowest BCUT2D eigenvalue weighted by molar-refractivity contribution is -0.138. The van der Waals surface area contributed by atoms with Crippen molar-refractivity contribution in [1.29, 1.82) is 0 Å². The second-order valence-electron chi connectivity index (χ2n) is 5.92. The van der Waals surface area contributed by atoms with E-state index in [0.29, 0.717) is 25.6 Å². The van der Waals surface area contributed by atoms with Crippen LogP contribution in [0.5, 0.6) is 0 Å². The van der Waals surface area contributed by atoms with Crippen molar-refractivity contribution < 1.29 is 22.7 Å². The average molecular weight is 346 g/mol. The van der Waals surface area contributed by atoms with Gasteiger partial charge in [0.25, 0.3) is 5.91 Å². The van der Waals surface area contributed by atoms with Gasteiger partial charge in [-0.2, -0.15) is 24.9 Å². The highest BCUT2D eigenvalue weighted by Gasteiger charge is 2.41. The summed E-state index contributed by atoms with van der Waals surface area (Å²) in [5, 5.41) is 2.74. The van der Waals surface area contributed by atoms with E-state index in [1.54, 1.807) is 0 Å². The highest BCUT2D eigenvalue weighted by molar-refractivity contribution is 7.99. The van der Waals surface area contributed by atoms with Crippen LogP contribution in [0.4, 0.5) is 13.2 Å². The minimum atomic E-state index is -4.60. The number of carbonyl (C=O) groups is 1. The fourth-order valence-corrected chi connectivity index (χ4v) is 4.47. The van der Waals surface area contributed by atoms with E-state index in [1.165, 1.54) is 6.20 Å². The molecule has 0 aromatic carbocycles. The van der Waals surface area contributed by atoms with E-state index >= 15 is 0 Å². The SMILES string of the molecule is O=C(N[C@H]1CCO[C@@]2(CCSC2)C1)c1ccncc1C(F)(F)F. The van der Waals surface area contributed by atoms with Gasteiger partial charge < -0.3 is 10.1 Å². The van der Waals surface area contributed by atoms with Crippen LogP contribution in [0.15, 0.2) is 18.5 Å². The number of rotatable bonds is 2. The summed E-state index contributed by atoms with van der Waals surface area (Å²) in [7, 11) is 0. The smallest absolute Gasteiger partial charge is 0.374 e. The molecule has 8 heteroatoms. The molecule has 0 unspecified atom stereocenters. The van der Waals surface area contributed by atoms with Crippen LogP contribution in [-0.2, 0) is 10.9 Å². The number of pyridine rings is 1. The minimum Gasteiger partial charge on any atom is -0.374 e. The summed E-state index contributed by atoms with van der Waals surface area (Å²) < 4.78 is 44.8. The first kappa shape index (κ1) is 16.6. The van der Waals surface area contributed by atoms with Gasteiger partial charge in [0.1, 0.15) is 0 Å². The molecule has 0 saturated carbocycles. The molecule has 1 aromatic heterocycles. The molecule has 2 fully saturated rings. The second-order valence-corrected chi connectivity index (χ2v) is 7.02. The molecular formula is C15H17F3N2O2S. The molecule has 4 nitrogen and oxygen atoms in total. The summed E-state index contributed by atoms with van der Waals surface area (Å²) in [6, 6.07) is 0.947. The summed E-state index contributed by atoms with van der Waals surface area (Å²) in [5.41, 5.74) is -1.61. The van der Waals surface area contributed by atoms with Crippen LogP contribution in [0.2, 0.25) is 0 Å². The van der Waals surface area contributed by atoms with Crippen LogP contribution in [0, 0.1) is 0 Å². The molecule has 0 bridgehead atoms. The highest BCUT2D eigenvalue weighted by atomic mass is 32.2. The molecule has 1 amide bonds. The largest absolute Gasteiger partial charge is 0.418 e. The zero-order valence-electron chi connectivity index (χ0n) is 12.4. The van der Waals surface area contributed by atoms with Gasteiger partial charge in [0.05, 0.1) is 16.7 Å². The first-order valence-electron chi connectivity index (χ1n) is 7.43. The Morgan fingerprint density at radius 2 is 2.30 bits per heavy atom. The van der Waals surface area contributed by atoms with Gasteiger partial charge in [0.15, 0.2) is 0 Å². The molecule has 3 heterocycles. The number of nitrogens with one attached hydrogen (secondary N) is 1. The number of halogens is 3. The van der Waals surface area contributed by atoms with Crippen molar-refractivity contribution >= 4 is 17.7 Å². The number of hydrogen-bond acceptors (Lipinski definition) is 4. The van der Waals surface area contributed by atoms with E-state index < -0.39 is 17.6 Å². The number of thioether (sulfide) groups is 1. The maximum absolute atomic E-state index is 13.0. The molecular weight excluding hydrogens is 329 g/mol. The average Bonchev–Trinajstić information content (AvgIpc) is 2.94. The molecule has 1 spiro atoms. The van der Waals surface area contributed by atoms with Crippen molar-refractivity contribution in [3.8, 4) is 0 Å². The van der Waals surface area contributed by atoms with Gasteiger partial charge in [0, 0.05) is 30.8 Å². The maximum Gasteiger partial charge on any atom is 0.418 e. The molecule has 1 aromatic rings. The predicted molar refractivity (Wildman–Crippen MR) is 80.4 cm³/mol. The highest BCUT2D eigenvalue weighted by Crippen LogP contribution is 2.38. The molecule has 1 N–H and O–H groups in total. The number of ether oxygens (including phenoxy) is 1. The van der Waals surface area contributed by atoms with E-state index in [0.717, 1.165) is 24.0 Å². The van der Waals surface area contributed by atoms with E-state index in [9.17, 15) is 18.0 Å². The predicted octanol–water partition coefficient (Wildman–Crippen LogP) is 2.88. The topological polar surface area (TPSA) is 51.2 Å². The molecule has 0 radical (unpaired) electrons. The quantitative estimate of drug-likeness (QED) is 0.895. The Kier molecular flexibility index (Phi) is 4.55. The molecule has 2 atom stereocenters. The Morgan fingerprint density at radius 1 is 1.48 bits per heavy atom. The van der Waals surface area contributed by atoms with Crippen LogP contribution >= 0.6 is 11.8 Å². The van der Waals surface area contributed by atoms with Crippen molar-refractivity contribution in [2.24, 2.45) is 0 Å². The van der Waals surface area contributed by atoms with Gasteiger partial charge in [-0.05, 0) is 31.1 Å². The lowest BCUT2D eigenvalue weighted by Gasteiger charge is -2.38. The molecule has 126 valence electrons. The van der Waals surface area contributed by atoms with Crippen LogP contribution in [0.25, 0.3) is 0 Å². The van der Waals surface area contributed by atoms with E-state index in [1.807, 2.05) is 11.8 Å². The van der Waals surface area contributed by atoms with Gasteiger partial charge in [0.2, 0.25) is 0 Å². The summed E-state index contributed by atoms with van der Waals surface area (Å²) in [6.07, 6.45) is -0.521. The van der Waals surface area contributed by atoms with E-state index in [-0.39, 0.29) is 17.2 Å². The molecule has 23 heavy (non-hydrogen) atoms. The number of carbonyl (C=O) groups excluding carboxylic acids is 1. The summed E-state index contributed by atoms with van der Waals surface area (Å²) in [4.78, 5) is 15.8. The molecule has 2 aliphatic heterocycles. The fourth-order valence-electron chi connectivity index (χ4n) is 3.10. The number of nitrogens with zero attached hydrogens (tertiary/aromatic N) is 1. The van der Waals surface area contributed by atoms with Crippen molar-refractivity contribution in [3.63, 3.8) is 0 Å². The first-order valence-corrected chi connectivity index (χ1v) is 8.59. The lowest BCUT2D eigenvalue weighted by atomic mass is 9.89. The van der Waals surface area contributed by atoms with Gasteiger partial charge >= 0.3 is 6.18 Å². The third kappa shape index (κ3) is 3.63. The Balaban J connectivity index is 1.72. The zero-order valence-corrected chi connectivity index (χ0v) is 13.2. The van der Waals surface area contributed by atoms with Gasteiger partial charge in [-0.15, -0.1) is 0 Å². The zero-order chi connectivity index (χ0) is 16.5. The summed E-state index contributed by atoms with van der Waals surface area (Å²) in [5.74, 6) is 1.19. The standard InChI is InChI=1S/C15H17F3N2O2S/c16-15(17,18)12-8-19-4-1-11(12)13(21)20-10-2-5-22-14(7-10)3-6-23-9-14/h1,4,8,10H,2-3,5-7,9H2,(H,20,21)/t10-,14-/m0/s1. The number of alkyl halides is 3. The molecule has 3 rings (SSSR count). The Labute approximate surface area is 136 Å². The van der Waals surface area contributed by atoms with E-state index in [2.05, 4.69) is 10.3 Å². The van der Waals surface area contributed by atoms with Crippen molar-refractivity contribution in [1.82, 2.24) is 10.3 Å². The lowest BCUT2D eigenvalue weighted by Crippen LogP contribution is -2.49. The van der Waals surface area contributed by atoms with Crippen LogP contribution in [0.1, 0.15) is 35.2 Å². The maximum atomic E-state index is 13.0. The number of hydrogen-bond donors (Lipinski definition) is 1. The Bertz CT molecular complexity index is 588. The van der Waals surface area contributed by atoms with Gasteiger partial charge in [-0.1, -0.05) is 0 Å². The third-order valence-electron chi connectivity index (χ3n) is 4.27. The summed E-state index contributed by atoms with van der Waals surface area (Å²) >= 11 is 1.81. The molecule has 2 saturated heterocycles. The van der Waals surface area contributed by atoms with E-state index in [4.69, 9.17) is 4.74 Å². The Hall–Kier alpha value is -1.28. The molecule has 0 aliphatic carbocycles. The molecule has 2 aliphatic rings. The van der Waals surface area contributed by atoms with Crippen LogP contribution in [0.3, 0.4) is 0 Å². The van der Waals surface area contributed by atoms with Crippen molar-refractivity contribution in [3.05, 3.63) is 29.6 Å². The monoisotopic (exact) mass is 346 g/mol. The second kappa shape index (κ2) is 6.32. The number of amides is 1. The van der Waals surface area contributed by atoms with Gasteiger partial charge in [-0.25, -0.2) is 0 Å². The third-order valence-corrected chi connectivity index (χ3v) is 5.49. The van der Waals surface area contributed by atoms with Crippen LogP contribution < -0.4 is 5.32 Å². The van der Waals surface area contributed by atoms with Crippen LogP contribution in [-0.4, -0.2) is 40.6 Å².